The first kappa shape index (κ1) is 19.5. The Morgan fingerprint density at radius 3 is 2.16 bits per heavy atom. The zero-order chi connectivity index (χ0) is 18.6. The molecule has 25 heavy (non-hydrogen) atoms. The molecule has 0 saturated carbocycles. The third kappa shape index (κ3) is 5.06. The van der Waals surface area contributed by atoms with Crippen molar-refractivity contribution in [3.05, 3.63) is 50.7 Å². The van der Waals surface area contributed by atoms with Crippen LogP contribution in [-0.2, 0) is 9.53 Å². The van der Waals surface area contributed by atoms with Crippen molar-refractivity contribution in [2.24, 2.45) is 0 Å². The minimum absolute atomic E-state index is 0.268. The number of rotatable bonds is 6. The van der Waals surface area contributed by atoms with E-state index in [0.29, 0.717) is 9.21 Å². The lowest BCUT2D eigenvalue weighted by atomic mass is 9.92. The Kier molecular flexibility index (Phi) is 6.62. The fraction of sp³-hybridized carbons (Fsp3) is 0.368. The summed E-state index contributed by atoms with van der Waals surface area (Å²) in [7, 11) is 0. The van der Waals surface area contributed by atoms with Gasteiger partial charge in [-0.3, -0.25) is 4.79 Å². The zero-order valence-corrected chi connectivity index (χ0v) is 16.3. The first-order valence-electron chi connectivity index (χ1n) is 8.14. The van der Waals surface area contributed by atoms with Gasteiger partial charge in [-0.15, -0.1) is 11.3 Å². The first-order chi connectivity index (χ1) is 11.8. The number of benzene rings is 1. The van der Waals surface area contributed by atoms with E-state index < -0.39 is 5.97 Å². The van der Waals surface area contributed by atoms with Crippen LogP contribution in [0.3, 0.4) is 0 Å². The largest absolute Gasteiger partial charge is 0.451 e. The summed E-state index contributed by atoms with van der Waals surface area (Å²) in [5, 5.41) is 2.92. The van der Waals surface area contributed by atoms with Gasteiger partial charge in [-0.1, -0.05) is 57.5 Å². The maximum Gasteiger partial charge on any atom is 0.348 e. The van der Waals surface area contributed by atoms with Crippen LogP contribution in [0, 0.1) is 0 Å². The Labute approximate surface area is 157 Å². The van der Waals surface area contributed by atoms with E-state index in [2.05, 4.69) is 33.0 Å². The number of nitrogens with one attached hydrogen (secondary N) is 1. The van der Waals surface area contributed by atoms with Gasteiger partial charge in [0.15, 0.2) is 6.61 Å². The Morgan fingerprint density at radius 1 is 1.08 bits per heavy atom. The van der Waals surface area contributed by atoms with Gasteiger partial charge in [-0.05, 0) is 35.1 Å². The van der Waals surface area contributed by atoms with Crippen LogP contribution in [0.25, 0.3) is 0 Å². The highest BCUT2D eigenvalue weighted by molar-refractivity contribution is 7.17. The second-order valence-corrected chi connectivity index (χ2v) is 8.06. The van der Waals surface area contributed by atoms with Crippen LogP contribution in [0.5, 0.6) is 0 Å². The summed E-state index contributed by atoms with van der Waals surface area (Å²) in [5.74, 6) is -0.367. The molecule has 0 aliphatic carbocycles. The number of carbonyl (C=O) groups excluding carboxylic acids is 2. The maximum atomic E-state index is 12.3. The average Bonchev–Trinajstić information content (AvgIpc) is 2.99. The van der Waals surface area contributed by atoms with E-state index in [1.54, 1.807) is 12.1 Å². The molecule has 0 spiro atoms. The number of hydrogen-bond acceptors (Lipinski definition) is 4. The average molecular weight is 380 g/mol. The zero-order valence-electron chi connectivity index (χ0n) is 14.8. The highest BCUT2D eigenvalue weighted by Crippen LogP contribution is 2.32. The molecule has 1 heterocycles. The van der Waals surface area contributed by atoms with Crippen LogP contribution in [0.4, 0.5) is 5.69 Å². The van der Waals surface area contributed by atoms with Crippen molar-refractivity contribution in [1.82, 2.24) is 0 Å². The van der Waals surface area contributed by atoms with E-state index in [0.717, 1.165) is 28.2 Å². The molecule has 4 nitrogen and oxygen atoms in total. The molecule has 2 rings (SSSR count). The summed E-state index contributed by atoms with van der Waals surface area (Å²) in [5.41, 5.74) is 2.94. The molecule has 2 aromatic rings. The Bertz CT molecular complexity index is 742. The first-order valence-corrected chi connectivity index (χ1v) is 9.34. The van der Waals surface area contributed by atoms with Gasteiger partial charge in [-0.2, -0.15) is 0 Å². The molecule has 0 bridgehead atoms. The monoisotopic (exact) mass is 379 g/mol. The molecule has 1 aromatic heterocycles. The van der Waals surface area contributed by atoms with Crippen LogP contribution in [0.15, 0.2) is 30.3 Å². The molecule has 0 radical (unpaired) electrons. The third-order valence-corrected chi connectivity index (χ3v) is 4.96. The van der Waals surface area contributed by atoms with Crippen LogP contribution in [0.1, 0.15) is 60.3 Å². The molecule has 134 valence electrons. The summed E-state index contributed by atoms with van der Waals surface area (Å²) < 4.78 is 5.58. The van der Waals surface area contributed by atoms with E-state index in [4.69, 9.17) is 16.3 Å². The lowest BCUT2D eigenvalue weighted by Gasteiger charge is -2.20. The fourth-order valence-corrected chi connectivity index (χ4v) is 3.43. The normalized spacial score (nSPS) is 11.0. The number of carbonyl (C=O) groups is 2. The fourth-order valence-electron chi connectivity index (χ4n) is 2.50. The molecule has 1 aromatic carbocycles. The lowest BCUT2D eigenvalue weighted by molar-refractivity contribution is -0.119. The highest BCUT2D eigenvalue weighted by atomic mass is 35.5. The Morgan fingerprint density at radius 2 is 1.68 bits per heavy atom. The number of hydrogen-bond donors (Lipinski definition) is 1. The second kappa shape index (κ2) is 8.50. The van der Waals surface area contributed by atoms with Crippen molar-refractivity contribution in [3.8, 4) is 0 Å². The number of anilines is 1. The molecule has 0 saturated heterocycles. The standard InChI is InChI=1S/C19H22ClNO3S/c1-11(2)13-6-5-7-14(12(3)4)18(13)21-17(22)10-24-19(23)15-8-9-16(20)25-15/h5-9,11-12H,10H2,1-4H3,(H,21,22). The summed E-state index contributed by atoms with van der Waals surface area (Å²) in [4.78, 5) is 24.6. The van der Waals surface area contributed by atoms with E-state index in [9.17, 15) is 9.59 Å². The quantitative estimate of drug-likeness (QED) is 0.679. The highest BCUT2D eigenvalue weighted by Gasteiger charge is 2.17. The summed E-state index contributed by atoms with van der Waals surface area (Å²) in [6.07, 6.45) is 0. The van der Waals surface area contributed by atoms with E-state index >= 15 is 0 Å². The molecular weight excluding hydrogens is 358 g/mol. The van der Waals surface area contributed by atoms with Gasteiger partial charge in [0.05, 0.1) is 4.34 Å². The number of ether oxygens (including phenoxy) is 1. The van der Waals surface area contributed by atoms with Gasteiger partial charge >= 0.3 is 5.97 Å². The van der Waals surface area contributed by atoms with Crippen LogP contribution in [0.2, 0.25) is 4.34 Å². The smallest absolute Gasteiger partial charge is 0.348 e. The molecule has 0 atom stereocenters. The van der Waals surface area contributed by atoms with Crippen LogP contribution < -0.4 is 5.32 Å². The number of thiophene rings is 1. The van der Waals surface area contributed by atoms with E-state index in [1.165, 1.54) is 0 Å². The number of amides is 1. The van der Waals surface area contributed by atoms with Crippen molar-refractivity contribution in [1.29, 1.82) is 0 Å². The van der Waals surface area contributed by atoms with Crippen molar-refractivity contribution >= 4 is 40.5 Å². The minimum atomic E-state index is -0.548. The summed E-state index contributed by atoms with van der Waals surface area (Å²) in [6, 6.07) is 9.22. The minimum Gasteiger partial charge on any atom is -0.451 e. The predicted octanol–water partition coefficient (Wildman–Crippen LogP) is 5.44. The van der Waals surface area contributed by atoms with Crippen LogP contribution >= 0.6 is 22.9 Å². The van der Waals surface area contributed by atoms with E-state index in [-0.39, 0.29) is 24.3 Å². The predicted molar refractivity (Wildman–Crippen MR) is 103 cm³/mol. The maximum absolute atomic E-state index is 12.3. The molecule has 1 N–H and O–H groups in total. The molecule has 0 fully saturated rings. The number of halogens is 1. The summed E-state index contributed by atoms with van der Waals surface area (Å²) >= 11 is 6.92. The molecule has 0 aliphatic heterocycles. The molecule has 6 heteroatoms. The van der Waals surface area contributed by atoms with Gasteiger partial charge < -0.3 is 10.1 Å². The van der Waals surface area contributed by atoms with Crippen LogP contribution in [-0.4, -0.2) is 18.5 Å². The molecule has 0 aliphatic rings. The molecule has 0 unspecified atom stereocenters. The van der Waals surface area contributed by atoms with Gasteiger partial charge in [0.1, 0.15) is 4.88 Å². The van der Waals surface area contributed by atoms with Gasteiger partial charge in [0, 0.05) is 5.69 Å². The topological polar surface area (TPSA) is 55.4 Å². The Balaban J connectivity index is 2.08. The van der Waals surface area contributed by atoms with Crippen molar-refractivity contribution in [2.75, 3.05) is 11.9 Å². The van der Waals surface area contributed by atoms with Crippen molar-refractivity contribution < 1.29 is 14.3 Å². The molecule has 1 amide bonds. The lowest BCUT2D eigenvalue weighted by Crippen LogP contribution is -2.22. The van der Waals surface area contributed by atoms with Gasteiger partial charge in [0.2, 0.25) is 0 Å². The summed E-state index contributed by atoms with van der Waals surface area (Å²) in [6.45, 7) is 7.98. The van der Waals surface area contributed by atoms with Crippen molar-refractivity contribution in [3.63, 3.8) is 0 Å². The third-order valence-electron chi connectivity index (χ3n) is 3.75. The molecular formula is C19H22ClNO3S. The SMILES string of the molecule is CC(C)c1cccc(C(C)C)c1NC(=O)COC(=O)c1ccc(Cl)s1. The second-order valence-electron chi connectivity index (χ2n) is 6.35. The van der Waals surface area contributed by atoms with Crippen molar-refractivity contribution in [2.45, 2.75) is 39.5 Å². The number of esters is 1. The van der Waals surface area contributed by atoms with E-state index in [1.807, 2.05) is 18.2 Å². The Hall–Kier alpha value is -1.85. The van der Waals surface area contributed by atoms with Gasteiger partial charge in [0.25, 0.3) is 5.91 Å². The van der Waals surface area contributed by atoms with Gasteiger partial charge in [-0.25, -0.2) is 4.79 Å². The number of para-hydroxylation sites is 1.